The first kappa shape index (κ1) is 11.0. The molecule has 0 aliphatic heterocycles. The van der Waals surface area contributed by atoms with Crippen LogP contribution in [0.1, 0.15) is 25.1 Å². The molecule has 5 heteroatoms. The van der Waals surface area contributed by atoms with Crippen LogP contribution in [0, 0.1) is 11.6 Å². The number of benzene rings is 1. The van der Waals surface area contributed by atoms with Crippen molar-refractivity contribution in [2.45, 2.75) is 19.3 Å². The molecule has 3 N–H and O–H groups in total. The average molecular weight is 225 g/mol. The molecule has 16 heavy (non-hydrogen) atoms. The minimum Gasteiger partial charge on any atom is -0.342 e. The molecular weight excluding hydrogens is 212 g/mol. The predicted octanol–water partition coefficient (Wildman–Crippen LogP) is 2.29. The Morgan fingerprint density at radius 3 is 2.88 bits per heavy atom. The van der Waals surface area contributed by atoms with Crippen LogP contribution in [0.15, 0.2) is 12.1 Å². The lowest BCUT2D eigenvalue weighted by Crippen LogP contribution is -2.05. The van der Waals surface area contributed by atoms with Crippen molar-refractivity contribution >= 4 is 11.0 Å². The summed E-state index contributed by atoms with van der Waals surface area (Å²) in [5, 5.41) is 0. The number of aromatic nitrogens is 2. The summed E-state index contributed by atoms with van der Waals surface area (Å²) in [6.07, 6.45) is 0.754. The zero-order valence-corrected chi connectivity index (χ0v) is 8.93. The fourth-order valence-corrected chi connectivity index (χ4v) is 1.68. The second-order valence-corrected chi connectivity index (χ2v) is 3.88. The maximum atomic E-state index is 13.4. The van der Waals surface area contributed by atoms with Crippen LogP contribution in [0.2, 0.25) is 0 Å². The number of fused-ring (bicyclic) bond motifs is 1. The van der Waals surface area contributed by atoms with Gasteiger partial charge in [-0.05, 0) is 19.0 Å². The SMILES string of the molecule is CC(CCN)c1nc2c(F)cc(F)cc2[nH]1. The quantitative estimate of drug-likeness (QED) is 0.842. The number of nitrogens with zero attached hydrogens (tertiary/aromatic N) is 1. The summed E-state index contributed by atoms with van der Waals surface area (Å²) in [6.45, 7) is 2.48. The van der Waals surface area contributed by atoms with Crippen molar-refractivity contribution in [1.29, 1.82) is 0 Å². The van der Waals surface area contributed by atoms with E-state index in [1.807, 2.05) is 6.92 Å². The highest BCUT2D eigenvalue weighted by Crippen LogP contribution is 2.22. The van der Waals surface area contributed by atoms with Crippen LogP contribution in [-0.2, 0) is 0 Å². The third kappa shape index (κ3) is 1.90. The molecule has 0 fully saturated rings. The number of rotatable bonds is 3. The monoisotopic (exact) mass is 225 g/mol. The van der Waals surface area contributed by atoms with E-state index in [9.17, 15) is 8.78 Å². The van der Waals surface area contributed by atoms with E-state index in [1.54, 1.807) is 0 Å². The highest BCUT2D eigenvalue weighted by molar-refractivity contribution is 5.75. The Kier molecular flexibility index (Phi) is 2.87. The first-order valence-electron chi connectivity index (χ1n) is 5.16. The van der Waals surface area contributed by atoms with Gasteiger partial charge in [-0.3, -0.25) is 0 Å². The van der Waals surface area contributed by atoms with E-state index < -0.39 is 11.6 Å². The second kappa shape index (κ2) is 4.17. The van der Waals surface area contributed by atoms with Crippen LogP contribution >= 0.6 is 0 Å². The summed E-state index contributed by atoms with van der Waals surface area (Å²) in [5.41, 5.74) is 6.01. The number of hydrogen-bond donors (Lipinski definition) is 2. The van der Waals surface area contributed by atoms with Gasteiger partial charge in [0, 0.05) is 12.0 Å². The third-order valence-corrected chi connectivity index (χ3v) is 2.59. The largest absolute Gasteiger partial charge is 0.342 e. The van der Waals surface area contributed by atoms with E-state index in [2.05, 4.69) is 9.97 Å². The number of imidazole rings is 1. The van der Waals surface area contributed by atoms with Crippen LogP contribution in [-0.4, -0.2) is 16.5 Å². The zero-order valence-electron chi connectivity index (χ0n) is 8.93. The molecule has 0 radical (unpaired) electrons. The van der Waals surface area contributed by atoms with Crippen molar-refractivity contribution < 1.29 is 8.78 Å². The molecule has 1 heterocycles. The molecule has 0 saturated heterocycles. The molecule has 0 saturated carbocycles. The number of H-pyrrole nitrogens is 1. The van der Waals surface area contributed by atoms with Gasteiger partial charge in [0.1, 0.15) is 17.2 Å². The fraction of sp³-hybridized carbons (Fsp3) is 0.364. The number of aromatic amines is 1. The summed E-state index contributed by atoms with van der Waals surface area (Å²) in [5.74, 6) is -0.492. The molecule has 0 bridgehead atoms. The summed E-state index contributed by atoms with van der Waals surface area (Å²) in [7, 11) is 0. The minimum absolute atomic E-state index is 0.111. The van der Waals surface area contributed by atoms with Gasteiger partial charge in [-0.15, -0.1) is 0 Å². The first-order chi connectivity index (χ1) is 7.61. The van der Waals surface area contributed by atoms with Crippen molar-refractivity contribution in [2.75, 3.05) is 6.54 Å². The third-order valence-electron chi connectivity index (χ3n) is 2.59. The Morgan fingerprint density at radius 1 is 1.44 bits per heavy atom. The van der Waals surface area contributed by atoms with E-state index in [-0.39, 0.29) is 11.4 Å². The van der Waals surface area contributed by atoms with E-state index in [4.69, 9.17) is 5.73 Å². The summed E-state index contributed by atoms with van der Waals surface area (Å²) >= 11 is 0. The summed E-state index contributed by atoms with van der Waals surface area (Å²) in [4.78, 5) is 7.03. The smallest absolute Gasteiger partial charge is 0.153 e. The molecule has 0 amide bonds. The molecule has 1 aromatic heterocycles. The molecule has 1 unspecified atom stereocenters. The molecular formula is C11H13F2N3. The van der Waals surface area contributed by atoms with Crippen LogP contribution in [0.4, 0.5) is 8.78 Å². The Hall–Kier alpha value is -1.49. The number of halogens is 2. The van der Waals surface area contributed by atoms with E-state index in [0.717, 1.165) is 12.5 Å². The van der Waals surface area contributed by atoms with Crippen LogP contribution in [0.25, 0.3) is 11.0 Å². The molecule has 1 aromatic carbocycles. The van der Waals surface area contributed by atoms with Gasteiger partial charge in [0.05, 0.1) is 5.52 Å². The Morgan fingerprint density at radius 2 is 2.19 bits per heavy atom. The van der Waals surface area contributed by atoms with Gasteiger partial charge in [0.25, 0.3) is 0 Å². The Balaban J connectivity index is 2.47. The summed E-state index contributed by atoms with van der Waals surface area (Å²) < 4.78 is 26.3. The zero-order chi connectivity index (χ0) is 11.7. The van der Waals surface area contributed by atoms with E-state index in [0.29, 0.717) is 17.9 Å². The van der Waals surface area contributed by atoms with Crippen molar-refractivity contribution in [1.82, 2.24) is 9.97 Å². The van der Waals surface area contributed by atoms with Crippen molar-refractivity contribution in [3.63, 3.8) is 0 Å². The van der Waals surface area contributed by atoms with Crippen LogP contribution in [0.3, 0.4) is 0 Å². The highest BCUT2D eigenvalue weighted by Gasteiger charge is 2.13. The average Bonchev–Trinajstić information content (AvgIpc) is 2.62. The van der Waals surface area contributed by atoms with Crippen molar-refractivity contribution in [3.05, 3.63) is 29.6 Å². The minimum atomic E-state index is -0.641. The van der Waals surface area contributed by atoms with Gasteiger partial charge < -0.3 is 10.7 Å². The maximum Gasteiger partial charge on any atom is 0.153 e. The van der Waals surface area contributed by atoms with Crippen LogP contribution in [0.5, 0.6) is 0 Å². The van der Waals surface area contributed by atoms with Crippen molar-refractivity contribution in [3.8, 4) is 0 Å². The first-order valence-corrected chi connectivity index (χ1v) is 5.16. The van der Waals surface area contributed by atoms with Gasteiger partial charge >= 0.3 is 0 Å². The summed E-state index contributed by atoms with van der Waals surface area (Å²) in [6, 6.07) is 2.07. The predicted molar refractivity (Wildman–Crippen MR) is 58.1 cm³/mol. The maximum absolute atomic E-state index is 13.4. The van der Waals surface area contributed by atoms with E-state index in [1.165, 1.54) is 6.07 Å². The van der Waals surface area contributed by atoms with Crippen molar-refractivity contribution in [2.24, 2.45) is 5.73 Å². The molecule has 86 valence electrons. The highest BCUT2D eigenvalue weighted by atomic mass is 19.1. The van der Waals surface area contributed by atoms with E-state index >= 15 is 0 Å². The lowest BCUT2D eigenvalue weighted by Gasteiger charge is -2.04. The Labute approximate surface area is 91.7 Å². The number of nitrogens with two attached hydrogens (primary N) is 1. The lowest BCUT2D eigenvalue weighted by atomic mass is 10.1. The van der Waals surface area contributed by atoms with Crippen LogP contribution < -0.4 is 5.73 Å². The number of nitrogens with one attached hydrogen (secondary N) is 1. The lowest BCUT2D eigenvalue weighted by molar-refractivity contribution is 0.590. The molecule has 0 aliphatic carbocycles. The standard InChI is InChI=1S/C11H13F2N3/c1-6(2-3-14)11-15-9-5-7(12)4-8(13)10(9)16-11/h4-6H,2-3,14H2,1H3,(H,15,16). The van der Waals surface area contributed by atoms with Gasteiger partial charge in [0.2, 0.25) is 0 Å². The molecule has 0 spiro atoms. The Bertz CT molecular complexity index is 507. The molecule has 2 aromatic rings. The fourth-order valence-electron chi connectivity index (χ4n) is 1.68. The molecule has 0 aliphatic rings. The number of hydrogen-bond acceptors (Lipinski definition) is 2. The van der Waals surface area contributed by atoms with Gasteiger partial charge in [-0.1, -0.05) is 6.92 Å². The molecule has 3 nitrogen and oxygen atoms in total. The van der Waals surface area contributed by atoms with Gasteiger partial charge in [0.15, 0.2) is 5.82 Å². The topological polar surface area (TPSA) is 54.7 Å². The molecule has 1 atom stereocenters. The second-order valence-electron chi connectivity index (χ2n) is 3.88. The van der Waals surface area contributed by atoms with Gasteiger partial charge in [-0.25, -0.2) is 13.8 Å². The van der Waals surface area contributed by atoms with Gasteiger partial charge in [-0.2, -0.15) is 0 Å². The molecule has 2 rings (SSSR count). The normalized spacial score (nSPS) is 13.2.